The van der Waals surface area contributed by atoms with E-state index in [0.29, 0.717) is 0 Å². The zero-order valence-electron chi connectivity index (χ0n) is 16.4. The van der Waals surface area contributed by atoms with Crippen molar-refractivity contribution in [2.24, 2.45) is 0 Å². The fourth-order valence-electron chi connectivity index (χ4n) is 4.01. The predicted octanol–water partition coefficient (Wildman–Crippen LogP) is 7.03. The van der Waals surface area contributed by atoms with Crippen molar-refractivity contribution in [3.63, 3.8) is 0 Å². The van der Waals surface area contributed by atoms with E-state index in [1.807, 2.05) is 0 Å². The molecule has 1 nitrogen and oxygen atoms in total. The van der Waals surface area contributed by atoms with E-state index in [1.165, 1.54) is 27.8 Å². The molecular formula is C25H27N. The first-order chi connectivity index (χ1) is 12.3. The first-order valence-corrected chi connectivity index (χ1v) is 9.39. The molecule has 0 radical (unpaired) electrons. The normalized spacial score (nSPS) is 14.7. The molecule has 1 aliphatic carbocycles. The monoisotopic (exact) mass is 341 g/mol. The van der Waals surface area contributed by atoms with Gasteiger partial charge in [-0.05, 0) is 57.5 Å². The maximum atomic E-state index is 3.61. The lowest BCUT2D eigenvalue weighted by atomic mass is 9.82. The van der Waals surface area contributed by atoms with E-state index in [1.54, 1.807) is 0 Å². The lowest BCUT2D eigenvalue weighted by molar-refractivity contribution is 0.590. The van der Waals surface area contributed by atoms with E-state index in [4.69, 9.17) is 0 Å². The van der Waals surface area contributed by atoms with Crippen molar-refractivity contribution in [3.8, 4) is 11.1 Å². The van der Waals surface area contributed by atoms with Crippen LogP contribution in [0.3, 0.4) is 0 Å². The van der Waals surface area contributed by atoms with Gasteiger partial charge >= 0.3 is 0 Å². The van der Waals surface area contributed by atoms with Crippen LogP contribution in [0.1, 0.15) is 51.3 Å². The van der Waals surface area contributed by atoms with Crippen molar-refractivity contribution in [2.45, 2.75) is 45.4 Å². The molecule has 1 N–H and O–H groups in total. The van der Waals surface area contributed by atoms with Gasteiger partial charge in [-0.1, -0.05) is 77.1 Å². The number of fused-ring (bicyclic) bond motifs is 3. The summed E-state index contributed by atoms with van der Waals surface area (Å²) in [4.78, 5) is 0. The minimum absolute atomic E-state index is 0.0386. The second-order valence-corrected chi connectivity index (χ2v) is 8.89. The number of benzene rings is 3. The second kappa shape index (κ2) is 5.74. The van der Waals surface area contributed by atoms with Crippen LogP contribution >= 0.6 is 0 Å². The van der Waals surface area contributed by atoms with Crippen LogP contribution in [0, 0.1) is 0 Å². The Bertz CT molecular complexity index is 973. The fraction of sp³-hybridized carbons (Fsp3) is 0.280. The highest BCUT2D eigenvalue weighted by Gasteiger charge is 2.35. The lowest BCUT2D eigenvalue weighted by Gasteiger charge is -2.22. The Kier molecular flexibility index (Phi) is 3.73. The first kappa shape index (κ1) is 16.9. The molecule has 0 atom stereocenters. The molecule has 1 heteroatoms. The molecular weight excluding hydrogens is 314 g/mol. The average Bonchev–Trinajstić information content (AvgIpc) is 2.83. The van der Waals surface area contributed by atoms with E-state index in [9.17, 15) is 0 Å². The summed E-state index contributed by atoms with van der Waals surface area (Å²) in [5, 5.41) is 3.61. The van der Waals surface area contributed by atoms with E-state index in [-0.39, 0.29) is 10.8 Å². The number of rotatable bonds is 2. The Morgan fingerprint density at radius 2 is 1.38 bits per heavy atom. The summed E-state index contributed by atoms with van der Waals surface area (Å²) < 4.78 is 0. The quantitative estimate of drug-likeness (QED) is 0.527. The zero-order valence-corrected chi connectivity index (χ0v) is 16.4. The molecule has 0 fully saturated rings. The van der Waals surface area contributed by atoms with Gasteiger partial charge in [0.1, 0.15) is 0 Å². The summed E-state index contributed by atoms with van der Waals surface area (Å²) in [6, 6.07) is 24.3. The highest BCUT2D eigenvalue weighted by Crippen LogP contribution is 2.49. The van der Waals surface area contributed by atoms with Gasteiger partial charge in [0.15, 0.2) is 0 Å². The molecule has 0 unspecified atom stereocenters. The summed E-state index contributed by atoms with van der Waals surface area (Å²) in [6.07, 6.45) is 0. The maximum Gasteiger partial charge on any atom is 0.0387 e. The van der Waals surface area contributed by atoms with Crippen LogP contribution in [0.15, 0.2) is 66.7 Å². The molecule has 0 aliphatic heterocycles. The highest BCUT2D eigenvalue weighted by atomic mass is 14.9. The smallest absolute Gasteiger partial charge is 0.0387 e. The molecule has 3 aromatic carbocycles. The van der Waals surface area contributed by atoms with Gasteiger partial charge in [-0.3, -0.25) is 0 Å². The molecule has 4 rings (SSSR count). The van der Waals surface area contributed by atoms with E-state index < -0.39 is 0 Å². The summed E-state index contributed by atoms with van der Waals surface area (Å²) in [6.45, 7) is 11.4. The van der Waals surface area contributed by atoms with Gasteiger partial charge < -0.3 is 5.32 Å². The average molecular weight is 341 g/mol. The van der Waals surface area contributed by atoms with E-state index >= 15 is 0 Å². The Labute approximate surface area is 157 Å². The third-order valence-electron chi connectivity index (χ3n) is 5.60. The van der Waals surface area contributed by atoms with Crippen LogP contribution in [0.25, 0.3) is 11.1 Å². The highest BCUT2D eigenvalue weighted by molar-refractivity contribution is 5.82. The molecule has 26 heavy (non-hydrogen) atoms. The molecule has 132 valence electrons. The van der Waals surface area contributed by atoms with Crippen molar-refractivity contribution >= 4 is 11.4 Å². The summed E-state index contributed by atoms with van der Waals surface area (Å²) >= 11 is 0. The molecule has 0 saturated heterocycles. The molecule has 0 aromatic heterocycles. The van der Waals surface area contributed by atoms with Gasteiger partial charge in [0.25, 0.3) is 0 Å². The minimum atomic E-state index is 0.0386. The number of hydrogen-bond donors (Lipinski definition) is 1. The Morgan fingerprint density at radius 1 is 0.692 bits per heavy atom. The zero-order chi connectivity index (χ0) is 18.5. The second-order valence-electron chi connectivity index (χ2n) is 8.89. The SMILES string of the molecule is CC(C)(C)c1cccc(Nc2ccc3c(c2)C(C)(C)c2ccccc2-3)c1. The van der Waals surface area contributed by atoms with Gasteiger partial charge in [-0.25, -0.2) is 0 Å². The van der Waals surface area contributed by atoms with E-state index in [0.717, 1.165) is 11.4 Å². The van der Waals surface area contributed by atoms with Crippen LogP contribution < -0.4 is 5.32 Å². The molecule has 0 saturated carbocycles. The van der Waals surface area contributed by atoms with Crippen molar-refractivity contribution in [1.82, 2.24) is 0 Å². The van der Waals surface area contributed by atoms with Crippen LogP contribution in [-0.2, 0) is 10.8 Å². The Hall–Kier alpha value is -2.54. The maximum absolute atomic E-state index is 3.61. The van der Waals surface area contributed by atoms with Crippen LogP contribution in [0.2, 0.25) is 0 Å². The molecule has 0 amide bonds. The predicted molar refractivity (Wildman–Crippen MR) is 112 cm³/mol. The van der Waals surface area contributed by atoms with Gasteiger partial charge in [-0.2, -0.15) is 0 Å². The summed E-state index contributed by atoms with van der Waals surface area (Å²) in [5.41, 5.74) is 9.37. The Balaban J connectivity index is 1.71. The van der Waals surface area contributed by atoms with Crippen molar-refractivity contribution in [1.29, 1.82) is 0 Å². The van der Waals surface area contributed by atoms with Crippen molar-refractivity contribution in [3.05, 3.63) is 83.4 Å². The molecule has 0 bridgehead atoms. The van der Waals surface area contributed by atoms with E-state index in [2.05, 4.69) is 107 Å². The fourth-order valence-corrected chi connectivity index (χ4v) is 4.01. The van der Waals surface area contributed by atoms with Crippen LogP contribution in [0.4, 0.5) is 11.4 Å². The lowest BCUT2D eigenvalue weighted by Crippen LogP contribution is -2.15. The molecule has 1 aliphatic rings. The topological polar surface area (TPSA) is 12.0 Å². The molecule has 0 heterocycles. The number of nitrogens with one attached hydrogen (secondary N) is 1. The van der Waals surface area contributed by atoms with Gasteiger partial charge in [0, 0.05) is 16.8 Å². The molecule has 3 aromatic rings. The third-order valence-corrected chi connectivity index (χ3v) is 5.60. The minimum Gasteiger partial charge on any atom is -0.356 e. The van der Waals surface area contributed by atoms with Crippen molar-refractivity contribution < 1.29 is 0 Å². The third kappa shape index (κ3) is 2.72. The number of anilines is 2. The Morgan fingerprint density at radius 3 is 2.15 bits per heavy atom. The van der Waals surface area contributed by atoms with Gasteiger partial charge in [-0.15, -0.1) is 0 Å². The summed E-state index contributed by atoms with van der Waals surface area (Å²) in [7, 11) is 0. The standard InChI is InChI=1S/C25H27N/c1-24(2,3)17-9-8-10-18(15-17)26-19-13-14-21-20-11-6-7-12-22(20)25(4,5)23(21)16-19/h6-16,26H,1-5H3. The van der Waals surface area contributed by atoms with Crippen molar-refractivity contribution in [2.75, 3.05) is 5.32 Å². The summed E-state index contributed by atoms with van der Waals surface area (Å²) in [5.74, 6) is 0. The van der Waals surface area contributed by atoms with Crippen LogP contribution in [0.5, 0.6) is 0 Å². The molecule has 0 spiro atoms. The van der Waals surface area contributed by atoms with Gasteiger partial charge in [0.05, 0.1) is 0 Å². The number of hydrogen-bond acceptors (Lipinski definition) is 1. The first-order valence-electron chi connectivity index (χ1n) is 9.39. The van der Waals surface area contributed by atoms with Crippen LogP contribution in [-0.4, -0.2) is 0 Å². The van der Waals surface area contributed by atoms with Gasteiger partial charge in [0.2, 0.25) is 0 Å². The largest absolute Gasteiger partial charge is 0.356 e.